The van der Waals surface area contributed by atoms with Gasteiger partial charge in [0, 0.05) is 24.8 Å². The van der Waals surface area contributed by atoms with Crippen molar-refractivity contribution in [3.63, 3.8) is 0 Å². The number of hydrogen-bond acceptors (Lipinski definition) is 5. The Morgan fingerprint density at radius 3 is 2.73 bits per heavy atom. The van der Waals surface area contributed by atoms with Gasteiger partial charge in [0.2, 0.25) is 0 Å². The number of nitrogens with zero attached hydrogens (tertiary/aromatic N) is 3. The van der Waals surface area contributed by atoms with Crippen LogP contribution in [-0.4, -0.2) is 35.3 Å². The van der Waals surface area contributed by atoms with Crippen LogP contribution in [0.1, 0.15) is 29.0 Å². The molecule has 1 saturated heterocycles. The molecule has 138 valence electrons. The van der Waals surface area contributed by atoms with Gasteiger partial charge in [-0.1, -0.05) is 6.07 Å². The van der Waals surface area contributed by atoms with E-state index in [0.29, 0.717) is 5.82 Å². The van der Waals surface area contributed by atoms with E-state index in [1.54, 1.807) is 6.20 Å². The number of amides is 1. The third-order valence-corrected chi connectivity index (χ3v) is 3.86. The molecule has 1 aromatic carbocycles. The van der Waals surface area contributed by atoms with Crippen LogP contribution < -0.4 is 15.0 Å². The van der Waals surface area contributed by atoms with Gasteiger partial charge >= 0.3 is 6.36 Å². The maximum Gasteiger partial charge on any atom is 0.573 e. The summed E-state index contributed by atoms with van der Waals surface area (Å²) in [6.45, 7) is 1.95. The van der Waals surface area contributed by atoms with Gasteiger partial charge in [-0.3, -0.25) is 4.79 Å². The van der Waals surface area contributed by atoms with Crippen LogP contribution in [-0.2, 0) is 6.54 Å². The predicted octanol–water partition coefficient (Wildman–Crippen LogP) is 2.91. The Labute approximate surface area is 148 Å². The highest BCUT2D eigenvalue weighted by Crippen LogP contribution is 2.23. The van der Waals surface area contributed by atoms with Crippen LogP contribution in [0.5, 0.6) is 5.75 Å². The van der Waals surface area contributed by atoms with Crippen LogP contribution in [0.2, 0.25) is 0 Å². The number of ether oxygens (including phenoxy) is 1. The Bertz CT molecular complexity index is 777. The summed E-state index contributed by atoms with van der Waals surface area (Å²) in [7, 11) is 0. The molecular formula is C17H17F3N4O2. The smallest absolute Gasteiger partial charge is 0.406 e. The lowest BCUT2D eigenvalue weighted by Crippen LogP contribution is -2.25. The molecule has 2 heterocycles. The Balaban J connectivity index is 1.62. The number of aromatic nitrogens is 2. The highest BCUT2D eigenvalue weighted by Gasteiger charge is 2.31. The van der Waals surface area contributed by atoms with Gasteiger partial charge in [0.05, 0.1) is 6.54 Å². The summed E-state index contributed by atoms with van der Waals surface area (Å²) in [6.07, 6.45) is -0.947. The largest absolute Gasteiger partial charge is 0.573 e. The maximum absolute atomic E-state index is 12.3. The molecule has 0 radical (unpaired) electrons. The number of rotatable bonds is 5. The lowest BCUT2D eigenvalue weighted by molar-refractivity contribution is -0.274. The summed E-state index contributed by atoms with van der Waals surface area (Å²) < 4.78 is 40.6. The third-order valence-electron chi connectivity index (χ3n) is 3.86. The second-order valence-electron chi connectivity index (χ2n) is 5.78. The van der Waals surface area contributed by atoms with Crippen LogP contribution in [0, 0.1) is 0 Å². The molecule has 1 aliphatic heterocycles. The number of nitrogens with one attached hydrogen (secondary N) is 1. The number of halogens is 3. The van der Waals surface area contributed by atoms with Gasteiger partial charge in [0.25, 0.3) is 5.91 Å². The summed E-state index contributed by atoms with van der Waals surface area (Å²) in [4.78, 5) is 22.8. The zero-order valence-corrected chi connectivity index (χ0v) is 13.8. The molecule has 0 saturated carbocycles. The monoisotopic (exact) mass is 366 g/mol. The number of carbonyl (C=O) groups excluding carboxylic acids is 1. The second kappa shape index (κ2) is 7.59. The van der Waals surface area contributed by atoms with Gasteiger partial charge in [0.1, 0.15) is 17.4 Å². The van der Waals surface area contributed by atoms with Crippen molar-refractivity contribution in [2.24, 2.45) is 0 Å². The zero-order chi connectivity index (χ0) is 18.6. The van der Waals surface area contributed by atoms with E-state index in [1.165, 1.54) is 12.1 Å². The second-order valence-corrected chi connectivity index (χ2v) is 5.78. The van der Waals surface area contributed by atoms with Gasteiger partial charge in [-0.25, -0.2) is 9.97 Å². The van der Waals surface area contributed by atoms with Crippen LogP contribution in [0.15, 0.2) is 36.5 Å². The molecule has 1 aliphatic rings. The van der Waals surface area contributed by atoms with Crippen LogP contribution in [0.3, 0.4) is 0 Å². The molecule has 1 N–H and O–H groups in total. The molecule has 3 rings (SSSR count). The topological polar surface area (TPSA) is 67.4 Å². The molecule has 6 nitrogen and oxygen atoms in total. The van der Waals surface area contributed by atoms with Gasteiger partial charge in [-0.2, -0.15) is 0 Å². The van der Waals surface area contributed by atoms with E-state index in [-0.39, 0.29) is 12.1 Å². The summed E-state index contributed by atoms with van der Waals surface area (Å²) in [5, 5.41) is 2.60. The van der Waals surface area contributed by atoms with E-state index in [2.05, 4.69) is 24.9 Å². The van der Waals surface area contributed by atoms with Gasteiger partial charge in [0.15, 0.2) is 0 Å². The van der Waals surface area contributed by atoms with E-state index in [1.807, 2.05) is 6.07 Å². The van der Waals surface area contributed by atoms with Crippen molar-refractivity contribution in [3.05, 3.63) is 47.9 Å². The SMILES string of the molecule is O=C(NCc1nccc(N2CCCC2)n1)c1cccc(OC(F)(F)F)c1. The van der Waals surface area contributed by atoms with E-state index in [4.69, 9.17) is 0 Å². The molecule has 0 unspecified atom stereocenters. The Kier molecular flexibility index (Phi) is 5.24. The van der Waals surface area contributed by atoms with Crippen molar-refractivity contribution in [1.82, 2.24) is 15.3 Å². The summed E-state index contributed by atoms with van der Waals surface area (Å²) in [6, 6.07) is 6.70. The van der Waals surface area contributed by atoms with Crippen LogP contribution >= 0.6 is 0 Å². The molecule has 0 spiro atoms. The number of hydrogen-bond donors (Lipinski definition) is 1. The molecule has 1 fully saturated rings. The Morgan fingerprint density at radius 2 is 2.00 bits per heavy atom. The first-order valence-corrected chi connectivity index (χ1v) is 8.11. The minimum absolute atomic E-state index is 0.0578. The molecule has 1 aromatic heterocycles. The zero-order valence-electron chi connectivity index (χ0n) is 13.8. The molecule has 0 atom stereocenters. The molecule has 26 heavy (non-hydrogen) atoms. The molecule has 1 amide bonds. The van der Waals surface area contributed by atoms with Crippen molar-refractivity contribution >= 4 is 11.7 Å². The number of benzene rings is 1. The van der Waals surface area contributed by atoms with Crippen LogP contribution in [0.4, 0.5) is 19.0 Å². The molecular weight excluding hydrogens is 349 g/mol. The first-order valence-electron chi connectivity index (χ1n) is 8.11. The van der Waals surface area contributed by atoms with Gasteiger partial charge in [-0.05, 0) is 37.1 Å². The van der Waals surface area contributed by atoms with Crippen molar-refractivity contribution in [2.45, 2.75) is 25.7 Å². The first kappa shape index (κ1) is 18.0. The van der Waals surface area contributed by atoms with Crippen molar-refractivity contribution in [1.29, 1.82) is 0 Å². The van der Waals surface area contributed by atoms with Gasteiger partial charge in [-0.15, -0.1) is 13.2 Å². The Morgan fingerprint density at radius 1 is 1.23 bits per heavy atom. The molecule has 0 aliphatic carbocycles. The quantitative estimate of drug-likeness (QED) is 0.881. The van der Waals surface area contributed by atoms with Crippen molar-refractivity contribution < 1.29 is 22.7 Å². The van der Waals surface area contributed by atoms with Crippen LogP contribution in [0.25, 0.3) is 0 Å². The van der Waals surface area contributed by atoms with Crippen molar-refractivity contribution in [3.8, 4) is 5.75 Å². The van der Waals surface area contributed by atoms with E-state index < -0.39 is 18.0 Å². The fourth-order valence-electron chi connectivity index (χ4n) is 2.69. The minimum atomic E-state index is -4.81. The molecule has 9 heteroatoms. The first-order chi connectivity index (χ1) is 12.4. The maximum atomic E-state index is 12.3. The highest BCUT2D eigenvalue weighted by molar-refractivity contribution is 5.94. The van der Waals surface area contributed by atoms with E-state index in [0.717, 1.165) is 43.9 Å². The summed E-state index contributed by atoms with van der Waals surface area (Å²) >= 11 is 0. The molecule has 0 bridgehead atoms. The average Bonchev–Trinajstić information content (AvgIpc) is 3.13. The Hall–Kier alpha value is -2.84. The summed E-state index contributed by atoms with van der Waals surface area (Å²) in [5.41, 5.74) is 0.0578. The third kappa shape index (κ3) is 4.84. The van der Waals surface area contributed by atoms with E-state index >= 15 is 0 Å². The average molecular weight is 366 g/mol. The number of alkyl halides is 3. The predicted molar refractivity (Wildman–Crippen MR) is 87.8 cm³/mol. The van der Waals surface area contributed by atoms with Crippen molar-refractivity contribution in [2.75, 3.05) is 18.0 Å². The molecule has 2 aromatic rings. The normalized spacial score (nSPS) is 14.3. The highest BCUT2D eigenvalue weighted by atomic mass is 19.4. The van der Waals surface area contributed by atoms with Gasteiger partial charge < -0.3 is 15.0 Å². The lowest BCUT2D eigenvalue weighted by Gasteiger charge is -2.16. The number of anilines is 1. The summed E-state index contributed by atoms with van der Waals surface area (Å²) in [5.74, 6) is 0.262. The fraction of sp³-hybridized carbons (Fsp3) is 0.353. The standard InChI is InChI=1S/C17H17F3N4O2/c18-17(19,20)26-13-5-3-4-12(10-13)16(25)22-11-14-21-7-6-15(23-14)24-8-1-2-9-24/h3-7,10H,1-2,8-9,11H2,(H,22,25). The number of carbonyl (C=O) groups is 1. The van der Waals surface area contributed by atoms with E-state index in [9.17, 15) is 18.0 Å². The minimum Gasteiger partial charge on any atom is -0.406 e. The lowest BCUT2D eigenvalue weighted by atomic mass is 10.2. The fourth-order valence-corrected chi connectivity index (χ4v) is 2.69.